The van der Waals surface area contributed by atoms with Crippen molar-refractivity contribution in [2.75, 3.05) is 6.61 Å². The second-order valence-corrected chi connectivity index (χ2v) is 6.97. The fourth-order valence-corrected chi connectivity index (χ4v) is 4.38. The zero-order valence-corrected chi connectivity index (χ0v) is 11.8. The standard InChI is InChI=1S/C15H22O4/c1-8-4-12-10(9(2)14(17)19-12)6-15(3)7-18-13(16)5-11(8)15/h8-12H,4-7H2,1-3H3/t8-,9+,10-,11+,12-,15-/m0/s1. The largest absolute Gasteiger partial charge is 0.465 e. The Morgan fingerprint density at radius 2 is 2.00 bits per heavy atom. The van der Waals surface area contributed by atoms with Crippen molar-refractivity contribution in [1.29, 1.82) is 0 Å². The summed E-state index contributed by atoms with van der Waals surface area (Å²) in [6.07, 6.45) is 2.36. The minimum atomic E-state index is -0.0774. The number of hydrogen-bond donors (Lipinski definition) is 0. The molecule has 106 valence electrons. The minimum absolute atomic E-state index is 0.00498. The van der Waals surface area contributed by atoms with Crippen LogP contribution in [0.5, 0.6) is 0 Å². The lowest BCUT2D eigenvalue weighted by atomic mass is 9.66. The van der Waals surface area contributed by atoms with E-state index in [9.17, 15) is 9.59 Å². The van der Waals surface area contributed by atoms with Gasteiger partial charge in [0.25, 0.3) is 0 Å². The van der Waals surface area contributed by atoms with Gasteiger partial charge in [0.05, 0.1) is 12.5 Å². The predicted octanol–water partition coefficient (Wildman–Crippen LogP) is 2.16. The maximum Gasteiger partial charge on any atom is 0.309 e. The third-order valence-electron chi connectivity index (χ3n) is 5.60. The van der Waals surface area contributed by atoms with Crippen LogP contribution in [0.3, 0.4) is 0 Å². The Bertz CT molecular complexity index is 418. The molecule has 2 saturated heterocycles. The molecule has 0 bridgehead atoms. The zero-order chi connectivity index (χ0) is 13.8. The molecule has 0 unspecified atom stereocenters. The van der Waals surface area contributed by atoms with Crippen molar-refractivity contribution in [2.24, 2.45) is 29.1 Å². The third kappa shape index (κ3) is 1.96. The lowest BCUT2D eigenvalue weighted by Crippen LogP contribution is -2.43. The molecule has 0 radical (unpaired) electrons. The third-order valence-corrected chi connectivity index (χ3v) is 5.60. The summed E-state index contributed by atoms with van der Waals surface area (Å²) in [4.78, 5) is 23.3. The molecule has 0 aromatic carbocycles. The van der Waals surface area contributed by atoms with Gasteiger partial charge in [-0.15, -0.1) is 0 Å². The van der Waals surface area contributed by atoms with Gasteiger partial charge >= 0.3 is 11.9 Å². The molecule has 1 saturated carbocycles. The van der Waals surface area contributed by atoms with Gasteiger partial charge in [0.2, 0.25) is 0 Å². The van der Waals surface area contributed by atoms with Gasteiger partial charge in [0, 0.05) is 17.8 Å². The lowest BCUT2D eigenvalue weighted by Gasteiger charge is -2.42. The number of carbonyl (C=O) groups is 2. The fourth-order valence-electron chi connectivity index (χ4n) is 4.38. The van der Waals surface area contributed by atoms with Crippen LogP contribution < -0.4 is 0 Å². The summed E-state index contributed by atoms with van der Waals surface area (Å²) in [5.74, 6) is 0.867. The molecule has 0 N–H and O–H groups in total. The Morgan fingerprint density at radius 1 is 1.26 bits per heavy atom. The molecule has 3 rings (SSSR count). The van der Waals surface area contributed by atoms with Gasteiger partial charge in [0.15, 0.2) is 0 Å². The van der Waals surface area contributed by atoms with Crippen LogP contribution in [0.15, 0.2) is 0 Å². The number of fused-ring (bicyclic) bond motifs is 2. The number of rotatable bonds is 0. The summed E-state index contributed by atoms with van der Waals surface area (Å²) in [7, 11) is 0. The van der Waals surface area contributed by atoms with Crippen LogP contribution in [0.1, 0.15) is 40.0 Å². The van der Waals surface area contributed by atoms with E-state index in [2.05, 4.69) is 13.8 Å². The first-order chi connectivity index (χ1) is 8.90. The van der Waals surface area contributed by atoms with Gasteiger partial charge in [-0.1, -0.05) is 20.8 Å². The van der Waals surface area contributed by atoms with Crippen molar-refractivity contribution < 1.29 is 19.1 Å². The molecule has 4 heteroatoms. The van der Waals surface area contributed by atoms with E-state index in [1.54, 1.807) is 0 Å². The summed E-state index contributed by atoms with van der Waals surface area (Å²) in [6, 6.07) is 0. The Labute approximate surface area is 113 Å². The quantitative estimate of drug-likeness (QED) is 0.630. The summed E-state index contributed by atoms with van der Waals surface area (Å²) in [6.45, 7) is 6.85. The fraction of sp³-hybridized carbons (Fsp3) is 0.867. The highest BCUT2D eigenvalue weighted by Crippen LogP contribution is 2.52. The summed E-state index contributed by atoms with van der Waals surface area (Å²) in [5, 5.41) is 0. The molecule has 3 fully saturated rings. The molecular formula is C15H22O4. The molecule has 19 heavy (non-hydrogen) atoms. The SMILES string of the molecule is C[C@H]1C[C@@H]2OC(=O)[C@H](C)[C@@H]2C[C@@]2(C)COC(=O)C[C@H]12. The molecule has 0 amide bonds. The summed E-state index contributed by atoms with van der Waals surface area (Å²) in [5.41, 5.74) is -0.00498. The van der Waals surface area contributed by atoms with Gasteiger partial charge in [-0.05, 0) is 24.7 Å². The predicted molar refractivity (Wildman–Crippen MR) is 68.1 cm³/mol. The highest BCUT2D eigenvalue weighted by molar-refractivity contribution is 5.75. The van der Waals surface area contributed by atoms with Crippen LogP contribution in [-0.2, 0) is 19.1 Å². The minimum Gasteiger partial charge on any atom is -0.465 e. The number of esters is 2. The van der Waals surface area contributed by atoms with Crippen molar-refractivity contribution in [2.45, 2.75) is 46.1 Å². The van der Waals surface area contributed by atoms with E-state index in [1.165, 1.54) is 0 Å². The second-order valence-electron chi connectivity index (χ2n) is 6.97. The van der Waals surface area contributed by atoms with Crippen molar-refractivity contribution in [3.8, 4) is 0 Å². The topological polar surface area (TPSA) is 52.6 Å². The Morgan fingerprint density at radius 3 is 2.74 bits per heavy atom. The monoisotopic (exact) mass is 266 g/mol. The first-order valence-electron chi connectivity index (χ1n) is 7.27. The van der Waals surface area contributed by atoms with Crippen molar-refractivity contribution in [3.63, 3.8) is 0 Å². The van der Waals surface area contributed by atoms with Crippen LogP contribution in [-0.4, -0.2) is 24.6 Å². The number of carbonyl (C=O) groups excluding carboxylic acids is 2. The van der Waals surface area contributed by atoms with Gasteiger partial charge in [-0.2, -0.15) is 0 Å². The Kier molecular flexibility index (Phi) is 2.88. The molecular weight excluding hydrogens is 244 g/mol. The van der Waals surface area contributed by atoms with Crippen LogP contribution in [0.2, 0.25) is 0 Å². The van der Waals surface area contributed by atoms with E-state index in [0.717, 1.165) is 12.8 Å². The van der Waals surface area contributed by atoms with Gasteiger partial charge in [-0.25, -0.2) is 0 Å². The van der Waals surface area contributed by atoms with Crippen molar-refractivity contribution in [1.82, 2.24) is 0 Å². The lowest BCUT2D eigenvalue weighted by molar-refractivity contribution is -0.162. The molecule has 0 aromatic heterocycles. The van der Waals surface area contributed by atoms with Crippen LogP contribution in [0.25, 0.3) is 0 Å². The van der Waals surface area contributed by atoms with Gasteiger partial charge < -0.3 is 9.47 Å². The van der Waals surface area contributed by atoms with E-state index in [4.69, 9.17) is 9.47 Å². The normalized spacial score (nSPS) is 49.7. The second kappa shape index (κ2) is 4.22. The van der Waals surface area contributed by atoms with Crippen molar-refractivity contribution in [3.05, 3.63) is 0 Å². The van der Waals surface area contributed by atoms with Gasteiger partial charge in [0.1, 0.15) is 6.10 Å². The molecule has 0 aromatic rings. The maximum atomic E-state index is 11.8. The van der Waals surface area contributed by atoms with Crippen LogP contribution >= 0.6 is 0 Å². The molecule has 4 nitrogen and oxygen atoms in total. The smallest absolute Gasteiger partial charge is 0.309 e. The summed E-state index contributed by atoms with van der Waals surface area (Å²) < 4.78 is 10.8. The average molecular weight is 266 g/mol. The highest BCUT2D eigenvalue weighted by atomic mass is 16.6. The van der Waals surface area contributed by atoms with Crippen molar-refractivity contribution >= 4 is 11.9 Å². The number of cyclic esters (lactones) is 1. The van der Waals surface area contributed by atoms with E-state index >= 15 is 0 Å². The molecule has 2 aliphatic heterocycles. The molecule has 3 aliphatic rings. The Hall–Kier alpha value is -1.06. The van der Waals surface area contributed by atoms with E-state index in [0.29, 0.717) is 24.9 Å². The Balaban J connectivity index is 1.91. The highest BCUT2D eigenvalue weighted by Gasteiger charge is 2.54. The number of hydrogen-bond acceptors (Lipinski definition) is 4. The van der Waals surface area contributed by atoms with E-state index in [1.807, 2.05) is 6.92 Å². The van der Waals surface area contributed by atoms with Crippen LogP contribution in [0, 0.1) is 29.1 Å². The number of ether oxygens (including phenoxy) is 2. The zero-order valence-electron chi connectivity index (χ0n) is 11.8. The first kappa shape index (κ1) is 12.9. The average Bonchev–Trinajstić information content (AvgIpc) is 2.54. The van der Waals surface area contributed by atoms with Crippen LogP contribution in [0.4, 0.5) is 0 Å². The van der Waals surface area contributed by atoms with E-state index < -0.39 is 0 Å². The van der Waals surface area contributed by atoms with E-state index in [-0.39, 0.29) is 35.3 Å². The molecule has 0 spiro atoms. The molecule has 6 atom stereocenters. The molecule has 1 aliphatic carbocycles. The summed E-state index contributed by atoms with van der Waals surface area (Å²) >= 11 is 0. The van der Waals surface area contributed by atoms with Gasteiger partial charge in [-0.3, -0.25) is 9.59 Å². The first-order valence-corrected chi connectivity index (χ1v) is 7.27. The maximum absolute atomic E-state index is 11.8. The molecule has 2 heterocycles.